The number of hydrogen-bond acceptors (Lipinski definition) is 4. The van der Waals surface area contributed by atoms with Gasteiger partial charge in [-0.1, -0.05) is 19.3 Å². The number of carbonyl (C=O) groups excluding carboxylic acids is 1. The Morgan fingerprint density at radius 2 is 2.00 bits per heavy atom. The highest BCUT2D eigenvalue weighted by Gasteiger charge is 2.32. The average molecular weight is 320 g/mol. The van der Waals surface area contributed by atoms with Gasteiger partial charge in [-0.2, -0.15) is 4.31 Å². The molecule has 0 radical (unpaired) electrons. The first-order valence-corrected chi connectivity index (χ1v) is 8.81. The van der Waals surface area contributed by atoms with Crippen molar-refractivity contribution in [2.24, 2.45) is 5.92 Å². The van der Waals surface area contributed by atoms with Crippen LogP contribution in [-0.4, -0.2) is 54.6 Å². The topological polar surface area (TPSA) is 104 Å². The van der Waals surface area contributed by atoms with Crippen LogP contribution in [0.4, 0.5) is 0 Å². The van der Waals surface area contributed by atoms with Gasteiger partial charge in [-0.3, -0.25) is 9.59 Å². The van der Waals surface area contributed by atoms with E-state index in [0.29, 0.717) is 12.3 Å². The summed E-state index contributed by atoms with van der Waals surface area (Å²) in [6.07, 6.45) is 3.82. The third kappa shape index (κ3) is 5.62. The number of sulfonamides is 1. The lowest BCUT2D eigenvalue weighted by molar-refractivity contribution is -0.140. The first-order valence-electron chi connectivity index (χ1n) is 7.21. The van der Waals surface area contributed by atoms with E-state index < -0.39 is 22.0 Å². The highest BCUT2D eigenvalue weighted by Crippen LogP contribution is 2.30. The quantitative estimate of drug-likeness (QED) is 0.640. The summed E-state index contributed by atoms with van der Waals surface area (Å²) >= 11 is 0. The van der Waals surface area contributed by atoms with E-state index in [1.807, 2.05) is 0 Å². The normalized spacial score (nSPS) is 17.3. The molecule has 1 unspecified atom stereocenters. The molecule has 1 aliphatic carbocycles. The fraction of sp³-hybridized carbons (Fsp3) is 0.846. The Hall–Kier alpha value is -1.15. The Balaban J connectivity index is 2.67. The van der Waals surface area contributed by atoms with Crippen LogP contribution in [0, 0.1) is 5.92 Å². The molecule has 0 saturated heterocycles. The minimum Gasteiger partial charge on any atom is -0.480 e. The molecule has 0 aromatic heterocycles. The summed E-state index contributed by atoms with van der Waals surface area (Å²) in [6, 6.07) is -1.13. The van der Waals surface area contributed by atoms with E-state index in [4.69, 9.17) is 5.11 Å². The van der Waals surface area contributed by atoms with Crippen molar-refractivity contribution >= 4 is 21.9 Å². The number of nitrogens with one attached hydrogen (secondary N) is 1. The smallest absolute Gasteiger partial charge is 0.321 e. The molecule has 0 spiro atoms. The number of rotatable bonds is 9. The molecular weight excluding hydrogens is 296 g/mol. The van der Waals surface area contributed by atoms with Crippen LogP contribution in [0.1, 0.15) is 39.5 Å². The molecular formula is C13H24N2O5S. The van der Waals surface area contributed by atoms with E-state index in [2.05, 4.69) is 5.32 Å². The predicted molar refractivity (Wildman–Crippen MR) is 78.2 cm³/mol. The molecule has 1 fully saturated rings. The van der Waals surface area contributed by atoms with E-state index >= 15 is 0 Å². The van der Waals surface area contributed by atoms with Crippen molar-refractivity contribution in [2.75, 3.05) is 18.8 Å². The summed E-state index contributed by atoms with van der Waals surface area (Å²) < 4.78 is 25.7. The number of carboxylic acid groups (broad SMARTS) is 1. The Kier molecular flexibility index (Phi) is 6.60. The standard InChI is InChI=1S/C13H24N2O5S/c1-10(13(17)18)15(8-7-14-11(2)16)21(19,20)9-6-12-4-3-5-12/h10,12H,3-9H2,1-2H3,(H,14,16)(H,17,18). The number of hydrogen-bond donors (Lipinski definition) is 2. The number of carbonyl (C=O) groups is 2. The van der Waals surface area contributed by atoms with Gasteiger partial charge in [0.25, 0.3) is 0 Å². The van der Waals surface area contributed by atoms with E-state index in [0.717, 1.165) is 23.6 Å². The first kappa shape index (κ1) is 17.9. The average Bonchev–Trinajstić information content (AvgIpc) is 2.31. The molecule has 1 rings (SSSR count). The van der Waals surface area contributed by atoms with Gasteiger partial charge in [0.15, 0.2) is 0 Å². The minimum atomic E-state index is -3.63. The van der Waals surface area contributed by atoms with E-state index in [1.165, 1.54) is 13.8 Å². The van der Waals surface area contributed by atoms with Gasteiger partial charge in [0, 0.05) is 20.0 Å². The van der Waals surface area contributed by atoms with Gasteiger partial charge in [0.1, 0.15) is 6.04 Å². The molecule has 1 atom stereocenters. The molecule has 0 aromatic rings. The van der Waals surface area contributed by atoms with Crippen molar-refractivity contribution in [1.82, 2.24) is 9.62 Å². The maximum atomic E-state index is 12.3. The molecule has 21 heavy (non-hydrogen) atoms. The largest absolute Gasteiger partial charge is 0.480 e. The Morgan fingerprint density at radius 3 is 2.43 bits per heavy atom. The highest BCUT2D eigenvalue weighted by molar-refractivity contribution is 7.89. The molecule has 0 aromatic carbocycles. The van der Waals surface area contributed by atoms with Crippen LogP contribution in [0.25, 0.3) is 0 Å². The number of amides is 1. The summed E-state index contributed by atoms with van der Waals surface area (Å²) in [5.74, 6) is -1.05. The predicted octanol–water partition coefficient (Wildman–Crippen LogP) is 0.418. The molecule has 1 amide bonds. The molecule has 7 nitrogen and oxygen atoms in total. The summed E-state index contributed by atoms with van der Waals surface area (Å²) in [7, 11) is -3.63. The van der Waals surface area contributed by atoms with Crippen molar-refractivity contribution in [3.05, 3.63) is 0 Å². The fourth-order valence-electron chi connectivity index (χ4n) is 2.25. The van der Waals surface area contributed by atoms with E-state index in [1.54, 1.807) is 0 Å². The van der Waals surface area contributed by atoms with Gasteiger partial charge in [-0.15, -0.1) is 0 Å². The molecule has 8 heteroatoms. The van der Waals surface area contributed by atoms with E-state index in [9.17, 15) is 18.0 Å². The summed E-state index contributed by atoms with van der Waals surface area (Å²) in [5, 5.41) is 11.6. The first-order chi connectivity index (χ1) is 9.74. The van der Waals surface area contributed by atoms with Crippen LogP contribution < -0.4 is 5.32 Å². The molecule has 2 N–H and O–H groups in total. The molecule has 1 saturated carbocycles. The Labute approximate surface area is 125 Å². The molecule has 122 valence electrons. The van der Waals surface area contributed by atoms with Gasteiger partial charge in [-0.05, 0) is 19.3 Å². The van der Waals surface area contributed by atoms with Crippen LogP contribution in [0.2, 0.25) is 0 Å². The van der Waals surface area contributed by atoms with Crippen LogP contribution >= 0.6 is 0 Å². The Morgan fingerprint density at radius 1 is 1.38 bits per heavy atom. The molecule has 1 aliphatic rings. The number of nitrogens with zero attached hydrogens (tertiary/aromatic N) is 1. The van der Waals surface area contributed by atoms with Gasteiger partial charge < -0.3 is 10.4 Å². The lowest BCUT2D eigenvalue weighted by Gasteiger charge is -2.29. The third-order valence-electron chi connectivity index (χ3n) is 3.86. The number of carboxylic acids is 1. The van der Waals surface area contributed by atoms with Crippen molar-refractivity contribution < 1.29 is 23.1 Å². The lowest BCUT2D eigenvalue weighted by Crippen LogP contribution is -2.47. The van der Waals surface area contributed by atoms with Gasteiger partial charge in [0.05, 0.1) is 5.75 Å². The van der Waals surface area contributed by atoms with Gasteiger partial charge in [-0.25, -0.2) is 8.42 Å². The Bertz CT molecular complexity index is 473. The molecule has 0 bridgehead atoms. The fourth-order valence-corrected chi connectivity index (χ4v) is 4.06. The van der Waals surface area contributed by atoms with Crippen molar-refractivity contribution in [2.45, 2.75) is 45.6 Å². The third-order valence-corrected chi connectivity index (χ3v) is 5.83. The zero-order valence-corrected chi connectivity index (χ0v) is 13.4. The number of aliphatic carboxylic acids is 1. The maximum absolute atomic E-state index is 12.3. The maximum Gasteiger partial charge on any atom is 0.321 e. The van der Waals surface area contributed by atoms with Gasteiger partial charge in [0.2, 0.25) is 15.9 Å². The van der Waals surface area contributed by atoms with Crippen LogP contribution in [-0.2, 0) is 19.6 Å². The SMILES string of the molecule is CC(=O)NCCN(C(C)C(=O)O)S(=O)(=O)CCC1CCC1. The zero-order chi connectivity index (χ0) is 16.0. The van der Waals surface area contributed by atoms with E-state index in [-0.39, 0.29) is 24.7 Å². The van der Waals surface area contributed by atoms with Gasteiger partial charge >= 0.3 is 5.97 Å². The minimum absolute atomic E-state index is 0.0277. The summed E-state index contributed by atoms with van der Waals surface area (Å²) in [4.78, 5) is 21.9. The zero-order valence-electron chi connectivity index (χ0n) is 12.5. The monoisotopic (exact) mass is 320 g/mol. The second-order valence-corrected chi connectivity index (χ2v) is 7.55. The molecule has 0 heterocycles. The van der Waals surface area contributed by atoms with Crippen molar-refractivity contribution in [3.63, 3.8) is 0 Å². The summed E-state index contributed by atoms with van der Waals surface area (Å²) in [6.45, 7) is 2.75. The second-order valence-electron chi connectivity index (χ2n) is 5.51. The second kappa shape index (κ2) is 7.74. The van der Waals surface area contributed by atoms with Crippen LogP contribution in [0.15, 0.2) is 0 Å². The summed E-state index contributed by atoms with van der Waals surface area (Å²) in [5.41, 5.74) is 0. The van der Waals surface area contributed by atoms with Crippen molar-refractivity contribution in [1.29, 1.82) is 0 Å². The highest BCUT2D eigenvalue weighted by atomic mass is 32.2. The van der Waals surface area contributed by atoms with Crippen LogP contribution in [0.3, 0.4) is 0 Å². The van der Waals surface area contributed by atoms with Crippen LogP contribution in [0.5, 0.6) is 0 Å². The van der Waals surface area contributed by atoms with Crippen molar-refractivity contribution in [3.8, 4) is 0 Å². The lowest BCUT2D eigenvalue weighted by atomic mass is 9.84. The molecule has 0 aliphatic heterocycles.